The second-order valence-corrected chi connectivity index (χ2v) is 7.97. The fraction of sp³-hybridized carbons (Fsp3) is 0.263. The maximum atomic E-state index is 12.3. The van der Waals surface area contributed by atoms with Gasteiger partial charge in [-0.25, -0.2) is 9.97 Å². The van der Waals surface area contributed by atoms with Gasteiger partial charge in [0.05, 0.1) is 12.1 Å². The van der Waals surface area contributed by atoms with Crippen molar-refractivity contribution >= 4 is 32.6 Å². The van der Waals surface area contributed by atoms with E-state index in [2.05, 4.69) is 24.3 Å². The minimum absolute atomic E-state index is 0.0217. The maximum absolute atomic E-state index is 12.3. The first kappa shape index (κ1) is 17.7. The molecule has 1 aliphatic heterocycles. The normalized spacial score (nSPS) is 14.6. The van der Waals surface area contributed by atoms with E-state index < -0.39 is 10.2 Å². The lowest BCUT2D eigenvalue weighted by Crippen LogP contribution is -2.30. The van der Waals surface area contributed by atoms with Crippen LogP contribution in [0.4, 0.5) is 11.5 Å². The Kier molecular flexibility index (Phi) is 4.91. The zero-order valence-corrected chi connectivity index (χ0v) is 15.6. The Labute approximate surface area is 158 Å². The summed E-state index contributed by atoms with van der Waals surface area (Å²) in [7, 11) is -3.71. The van der Waals surface area contributed by atoms with Gasteiger partial charge in [0.15, 0.2) is 0 Å². The van der Waals surface area contributed by atoms with Crippen LogP contribution in [-0.2, 0) is 16.8 Å². The highest BCUT2D eigenvalue weighted by molar-refractivity contribution is 7.90. The number of rotatable bonds is 6. The van der Waals surface area contributed by atoms with E-state index in [-0.39, 0.29) is 6.54 Å². The first-order chi connectivity index (χ1) is 13.1. The summed E-state index contributed by atoms with van der Waals surface area (Å²) in [6, 6.07) is 16.6. The second-order valence-electron chi connectivity index (χ2n) is 6.47. The lowest BCUT2D eigenvalue weighted by Gasteiger charge is -2.19. The van der Waals surface area contributed by atoms with E-state index in [9.17, 15) is 8.42 Å². The van der Waals surface area contributed by atoms with Crippen LogP contribution in [0.3, 0.4) is 0 Å². The molecule has 3 aromatic rings. The summed E-state index contributed by atoms with van der Waals surface area (Å²) in [6.45, 7) is 1.94. The van der Waals surface area contributed by atoms with Crippen LogP contribution in [0.1, 0.15) is 18.7 Å². The highest BCUT2D eigenvalue weighted by atomic mass is 32.2. The lowest BCUT2D eigenvalue weighted by atomic mass is 10.2. The number of fused-ring (bicyclic) bond motifs is 1. The van der Waals surface area contributed by atoms with Gasteiger partial charge in [-0.05, 0) is 37.1 Å². The predicted octanol–water partition coefficient (Wildman–Crippen LogP) is 2.68. The van der Waals surface area contributed by atoms with Gasteiger partial charge in [0.1, 0.15) is 11.6 Å². The fourth-order valence-electron chi connectivity index (χ4n) is 3.21. The Bertz CT molecular complexity index is 1030. The molecule has 0 aliphatic carbocycles. The number of hydrogen-bond acceptors (Lipinski definition) is 5. The summed E-state index contributed by atoms with van der Waals surface area (Å²) >= 11 is 0. The van der Waals surface area contributed by atoms with Gasteiger partial charge in [-0.2, -0.15) is 13.1 Å². The highest BCUT2D eigenvalue weighted by Gasteiger charge is 2.19. The molecule has 0 radical (unpaired) electrons. The van der Waals surface area contributed by atoms with Crippen LogP contribution in [0, 0.1) is 0 Å². The topological polar surface area (TPSA) is 87.2 Å². The average molecular weight is 383 g/mol. The molecule has 140 valence electrons. The van der Waals surface area contributed by atoms with Gasteiger partial charge in [-0.15, -0.1) is 0 Å². The quantitative estimate of drug-likeness (QED) is 0.683. The number of nitrogens with zero attached hydrogens (tertiary/aromatic N) is 3. The number of nitrogens with one attached hydrogen (secondary N) is 2. The number of hydrogen-bond donors (Lipinski definition) is 2. The van der Waals surface area contributed by atoms with Crippen molar-refractivity contribution < 1.29 is 8.42 Å². The molecule has 27 heavy (non-hydrogen) atoms. The SMILES string of the molecule is O=S(=O)(NCc1nc(N2CCCC2)c2ccccc2n1)Nc1ccccc1. The molecule has 8 heteroatoms. The summed E-state index contributed by atoms with van der Waals surface area (Å²) < 4.78 is 29.6. The van der Waals surface area contributed by atoms with Crippen LogP contribution in [0.15, 0.2) is 54.6 Å². The Balaban J connectivity index is 1.56. The van der Waals surface area contributed by atoms with Gasteiger partial charge in [-0.3, -0.25) is 4.72 Å². The van der Waals surface area contributed by atoms with E-state index in [1.165, 1.54) is 0 Å². The van der Waals surface area contributed by atoms with E-state index in [1.54, 1.807) is 24.3 Å². The maximum Gasteiger partial charge on any atom is 0.299 e. The van der Waals surface area contributed by atoms with Crippen molar-refractivity contribution in [1.82, 2.24) is 14.7 Å². The Morgan fingerprint density at radius 2 is 1.63 bits per heavy atom. The van der Waals surface area contributed by atoms with Crippen molar-refractivity contribution in [2.24, 2.45) is 0 Å². The molecule has 0 saturated carbocycles. The van der Waals surface area contributed by atoms with Crippen LogP contribution >= 0.6 is 0 Å². The Hall–Kier alpha value is -2.71. The predicted molar refractivity (Wildman–Crippen MR) is 107 cm³/mol. The Morgan fingerprint density at radius 3 is 2.41 bits per heavy atom. The van der Waals surface area contributed by atoms with Crippen molar-refractivity contribution in [3.05, 3.63) is 60.4 Å². The molecule has 2 N–H and O–H groups in total. The minimum atomic E-state index is -3.71. The monoisotopic (exact) mass is 383 g/mol. The molecule has 2 aromatic carbocycles. The minimum Gasteiger partial charge on any atom is -0.356 e. The fourth-order valence-corrected chi connectivity index (χ4v) is 4.05. The third-order valence-electron chi connectivity index (χ3n) is 4.48. The highest BCUT2D eigenvalue weighted by Crippen LogP contribution is 2.26. The van der Waals surface area contributed by atoms with Crippen LogP contribution in [0.25, 0.3) is 10.9 Å². The summed E-state index contributed by atoms with van der Waals surface area (Å²) in [4.78, 5) is 11.4. The van der Waals surface area contributed by atoms with Crippen molar-refractivity contribution in [1.29, 1.82) is 0 Å². The zero-order chi connectivity index (χ0) is 18.7. The largest absolute Gasteiger partial charge is 0.356 e. The molecule has 1 fully saturated rings. The van der Waals surface area contributed by atoms with Crippen LogP contribution in [0.5, 0.6) is 0 Å². The zero-order valence-electron chi connectivity index (χ0n) is 14.8. The summed E-state index contributed by atoms with van der Waals surface area (Å²) in [5, 5.41) is 0.994. The first-order valence-corrected chi connectivity index (χ1v) is 10.4. The molecule has 0 unspecified atom stereocenters. The van der Waals surface area contributed by atoms with Gasteiger partial charge in [0.25, 0.3) is 10.2 Å². The molecule has 1 aromatic heterocycles. The first-order valence-electron chi connectivity index (χ1n) is 8.94. The van der Waals surface area contributed by atoms with E-state index >= 15 is 0 Å². The van der Waals surface area contributed by atoms with Gasteiger partial charge in [-0.1, -0.05) is 30.3 Å². The third kappa shape index (κ3) is 4.17. The number of aromatic nitrogens is 2. The third-order valence-corrected chi connectivity index (χ3v) is 5.51. The smallest absolute Gasteiger partial charge is 0.299 e. The van der Waals surface area contributed by atoms with Crippen molar-refractivity contribution in [2.45, 2.75) is 19.4 Å². The van der Waals surface area contributed by atoms with Crippen molar-refractivity contribution in [3.63, 3.8) is 0 Å². The standard InChI is InChI=1S/C19H21N5O2S/c25-27(26,23-15-8-2-1-3-9-15)20-14-18-21-17-11-5-4-10-16(17)19(22-18)24-12-6-7-13-24/h1-5,8-11,20,23H,6-7,12-14H2. The van der Waals surface area contributed by atoms with E-state index in [4.69, 9.17) is 0 Å². The average Bonchev–Trinajstić information content (AvgIpc) is 3.21. The van der Waals surface area contributed by atoms with Gasteiger partial charge in [0, 0.05) is 24.2 Å². The van der Waals surface area contributed by atoms with Crippen LogP contribution in [0.2, 0.25) is 0 Å². The van der Waals surface area contributed by atoms with E-state index in [0.29, 0.717) is 11.5 Å². The number of benzene rings is 2. The molecule has 1 aliphatic rings. The molecule has 2 heterocycles. The number of para-hydroxylation sites is 2. The number of anilines is 2. The molecule has 0 spiro atoms. The van der Waals surface area contributed by atoms with Gasteiger partial charge < -0.3 is 4.90 Å². The molecule has 4 rings (SSSR count). The lowest BCUT2D eigenvalue weighted by molar-refractivity contribution is 0.585. The molecular formula is C19H21N5O2S. The summed E-state index contributed by atoms with van der Waals surface area (Å²) in [5.41, 5.74) is 1.32. The summed E-state index contributed by atoms with van der Waals surface area (Å²) in [6.07, 6.45) is 2.28. The molecule has 7 nitrogen and oxygen atoms in total. The Morgan fingerprint density at radius 1 is 0.926 bits per heavy atom. The van der Waals surface area contributed by atoms with E-state index in [0.717, 1.165) is 42.7 Å². The molecule has 0 amide bonds. The van der Waals surface area contributed by atoms with Crippen molar-refractivity contribution in [2.75, 3.05) is 22.7 Å². The van der Waals surface area contributed by atoms with Crippen molar-refractivity contribution in [3.8, 4) is 0 Å². The molecule has 1 saturated heterocycles. The summed E-state index contributed by atoms with van der Waals surface area (Å²) in [5.74, 6) is 1.33. The molecule has 0 atom stereocenters. The molecule has 0 bridgehead atoms. The van der Waals surface area contributed by atoms with E-state index in [1.807, 2.05) is 30.3 Å². The van der Waals surface area contributed by atoms with Gasteiger partial charge in [0.2, 0.25) is 0 Å². The second kappa shape index (κ2) is 7.50. The van der Waals surface area contributed by atoms with Crippen LogP contribution in [-0.4, -0.2) is 31.5 Å². The van der Waals surface area contributed by atoms with Gasteiger partial charge >= 0.3 is 0 Å². The van der Waals surface area contributed by atoms with Crippen LogP contribution < -0.4 is 14.3 Å². The molecular weight excluding hydrogens is 362 g/mol.